The van der Waals surface area contributed by atoms with Crippen LogP contribution in [0.15, 0.2) is 30.3 Å². The molecule has 1 fully saturated rings. The van der Waals surface area contributed by atoms with E-state index in [1.807, 2.05) is 30.3 Å². The Morgan fingerprint density at radius 1 is 1.20 bits per heavy atom. The van der Waals surface area contributed by atoms with Gasteiger partial charge >= 0.3 is 0 Å². The molecule has 2 N–H and O–H groups in total. The fraction of sp³-hybridized carbons (Fsp3) is 0.529. The van der Waals surface area contributed by atoms with E-state index < -0.39 is 10.0 Å². The maximum absolute atomic E-state index is 12.4. The van der Waals surface area contributed by atoms with Crippen LogP contribution in [0.3, 0.4) is 0 Å². The first-order chi connectivity index (χ1) is 11.8. The van der Waals surface area contributed by atoms with Gasteiger partial charge in [0, 0.05) is 19.1 Å². The van der Waals surface area contributed by atoms with Crippen molar-refractivity contribution >= 4 is 21.8 Å². The Hall–Kier alpha value is -1.93. The first-order valence-corrected chi connectivity index (χ1v) is 10.3. The van der Waals surface area contributed by atoms with Crippen molar-refractivity contribution in [3.8, 4) is 0 Å². The van der Waals surface area contributed by atoms with Crippen LogP contribution in [0.4, 0.5) is 0 Å². The van der Waals surface area contributed by atoms with E-state index in [0.717, 1.165) is 31.1 Å². The zero-order valence-corrected chi connectivity index (χ0v) is 15.2. The van der Waals surface area contributed by atoms with Gasteiger partial charge in [-0.25, -0.2) is 13.1 Å². The number of carbonyl (C=O) groups excluding carboxylic acids is 2. The minimum atomic E-state index is -3.29. The lowest BCUT2D eigenvalue weighted by Gasteiger charge is -2.35. The highest BCUT2D eigenvalue weighted by Gasteiger charge is 2.27. The third kappa shape index (κ3) is 6.83. The summed E-state index contributed by atoms with van der Waals surface area (Å²) in [5.41, 5.74) is 0.889. The number of nitrogens with zero attached hydrogens (tertiary/aromatic N) is 1. The van der Waals surface area contributed by atoms with Crippen LogP contribution in [0.25, 0.3) is 0 Å². The molecular formula is C17H25N3O4S. The van der Waals surface area contributed by atoms with E-state index in [2.05, 4.69) is 10.0 Å². The second kappa shape index (κ2) is 8.96. The summed E-state index contributed by atoms with van der Waals surface area (Å²) in [7, 11) is -3.29. The van der Waals surface area contributed by atoms with Gasteiger partial charge in [-0.05, 0) is 24.8 Å². The summed E-state index contributed by atoms with van der Waals surface area (Å²) in [6.45, 7) is 0.729. The minimum Gasteiger partial charge on any atom is -0.347 e. The summed E-state index contributed by atoms with van der Waals surface area (Å²) in [6.07, 6.45) is 3.94. The first kappa shape index (κ1) is 19.4. The number of hydrogen-bond acceptors (Lipinski definition) is 4. The highest BCUT2D eigenvalue weighted by Crippen LogP contribution is 2.16. The van der Waals surface area contributed by atoms with Crippen molar-refractivity contribution in [2.45, 2.75) is 31.7 Å². The number of amides is 2. The first-order valence-electron chi connectivity index (χ1n) is 8.40. The van der Waals surface area contributed by atoms with Gasteiger partial charge in [-0.1, -0.05) is 30.3 Å². The molecule has 0 aliphatic carbocycles. The molecule has 1 aliphatic rings. The van der Waals surface area contributed by atoms with Crippen LogP contribution in [0, 0.1) is 0 Å². The Morgan fingerprint density at radius 2 is 1.92 bits per heavy atom. The zero-order chi connectivity index (χ0) is 18.3. The van der Waals surface area contributed by atoms with Crippen molar-refractivity contribution in [1.29, 1.82) is 0 Å². The second-order valence-electron chi connectivity index (χ2n) is 6.30. The number of likely N-dealkylation sites (tertiary alicyclic amines) is 1. The lowest BCUT2D eigenvalue weighted by atomic mass is 10.0. The van der Waals surface area contributed by atoms with Gasteiger partial charge in [-0.15, -0.1) is 0 Å². The lowest BCUT2D eigenvalue weighted by Crippen LogP contribution is -2.52. The smallest absolute Gasteiger partial charge is 0.242 e. The lowest BCUT2D eigenvalue weighted by molar-refractivity contribution is -0.135. The fourth-order valence-electron chi connectivity index (χ4n) is 2.91. The number of carbonyl (C=O) groups is 2. The SMILES string of the molecule is CS(=O)(=O)NCC1CCCCN1C(=O)CNC(=O)Cc1ccccc1. The Balaban J connectivity index is 1.83. The largest absolute Gasteiger partial charge is 0.347 e. The monoisotopic (exact) mass is 367 g/mol. The van der Waals surface area contributed by atoms with Gasteiger partial charge in [0.15, 0.2) is 0 Å². The molecule has 1 saturated heterocycles. The number of piperidine rings is 1. The quantitative estimate of drug-likeness (QED) is 0.723. The Morgan fingerprint density at radius 3 is 2.60 bits per heavy atom. The molecule has 1 unspecified atom stereocenters. The summed E-state index contributed by atoms with van der Waals surface area (Å²) in [5, 5.41) is 2.65. The Kier molecular flexibility index (Phi) is 6.95. The van der Waals surface area contributed by atoms with Crippen LogP contribution in [0.5, 0.6) is 0 Å². The van der Waals surface area contributed by atoms with Gasteiger partial charge in [0.1, 0.15) is 0 Å². The van der Waals surface area contributed by atoms with Crippen LogP contribution >= 0.6 is 0 Å². The Labute approximate surface area is 148 Å². The van der Waals surface area contributed by atoms with Gasteiger partial charge in [0.25, 0.3) is 0 Å². The molecule has 0 spiro atoms. The highest BCUT2D eigenvalue weighted by molar-refractivity contribution is 7.88. The standard InChI is InChI=1S/C17H25N3O4S/c1-25(23,24)19-12-15-9-5-6-10-20(15)17(22)13-18-16(21)11-14-7-3-2-4-8-14/h2-4,7-8,15,19H,5-6,9-13H2,1H3,(H,18,21). The number of sulfonamides is 1. The topological polar surface area (TPSA) is 95.6 Å². The van der Waals surface area contributed by atoms with E-state index in [9.17, 15) is 18.0 Å². The van der Waals surface area contributed by atoms with Crippen molar-refractivity contribution in [2.75, 3.05) is 25.9 Å². The molecule has 0 radical (unpaired) electrons. The van der Waals surface area contributed by atoms with Gasteiger partial charge in [-0.2, -0.15) is 0 Å². The fourth-order valence-corrected chi connectivity index (χ4v) is 3.40. The predicted octanol–water partition coefficient (Wildman–Crippen LogP) is 0.276. The van der Waals surface area contributed by atoms with Gasteiger partial charge in [0.2, 0.25) is 21.8 Å². The summed E-state index contributed by atoms with van der Waals surface area (Å²) in [4.78, 5) is 26.1. The molecule has 138 valence electrons. The maximum Gasteiger partial charge on any atom is 0.242 e. The minimum absolute atomic E-state index is 0.0684. The molecule has 1 aromatic rings. The average Bonchev–Trinajstić information content (AvgIpc) is 2.58. The molecule has 7 nitrogen and oxygen atoms in total. The van der Waals surface area contributed by atoms with Crippen LogP contribution in [0.1, 0.15) is 24.8 Å². The summed E-state index contributed by atoms with van der Waals surface area (Å²) in [6, 6.07) is 9.16. The van der Waals surface area contributed by atoms with E-state index in [-0.39, 0.29) is 37.4 Å². The van der Waals surface area contributed by atoms with Gasteiger partial charge < -0.3 is 10.2 Å². The highest BCUT2D eigenvalue weighted by atomic mass is 32.2. The molecule has 25 heavy (non-hydrogen) atoms. The molecule has 1 aliphatic heterocycles. The van der Waals surface area contributed by atoms with Crippen molar-refractivity contribution in [2.24, 2.45) is 0 Å². The molecule has 0 bridgehead atoms. The van der Waals surface area contributed by atoms with Crippen molar-refractivity contribution in [3.05, 3.63) is 35.9 Å². The molecule has 8 heteroatoms. The predicted molar refractivity (Wildman–Crippen MR) is 95.4 cm³/mol. The number of rotatable bonds is 7. The van der Waals surface area contributed by atoms with E-state index in [0.29, 0.717) is 6.54 Å². The third-order valence-corrected chi connectivity index (χ3v) is 4.86. The van der Waals surface area contributed by atoms with Crippen LogP contribution in [-0.4, -0.2) is 57.1 Å². The van der Waals surface area contributed by atoms with Crippen LogP contribution < -0.4 is 10.0 Å². The summed E-state index contributed by atoms with van der Waals surface area (Å²) >= 11 is 0. The Bertz CT molecular complexity index is 691. The molecule has 2 amide bonds. The number of benzene rings is 1. The molecule has 2 rings (SSSR count). The van der Waals surface area contributed by atoms with Crippen molar-refractivity contribution < 1.29 is 18.0 Å². The molecular weight excluding hydrogens is 342 g/mol. The second-order valence-corrected chi connectivity index (χ2v) is 8.13. The number of nitrogens with one attached hydrogen (secondary N) is 2. The normalized spacial score (nSPS) is 18.0. The number of hydrogen-bond donors (Lipinski definition) is 2. The summed E-state index contributed by atoms with van der Waals surface area (Å²) < 4.78 is 25.0. The van der Waals surface area contributed by atoms with Crippen LogP contribution in [0.2, 0.25) is 0 Å². The van der Waals surface area contributed by atoms with Gasteiger partial charge in [0.05, 0.1) is 19.2 Å². The molecule has 0 aromatic heterocycles. The molecule has 1 aromatic carbocycles. The average molecular weight is 367 g/mol. The van der Waals surface area contributed by atoms with Crippen molar-refractivity contribution in [1.82, 2.24) is 14.9 Å². The molecule has 1 atom stereocenters. The molecule has 1 heterocycles. The van der Waals surface area contributed by atoms with Crippen molar-refractivity contribution in [3.63, 3.8) is 0 Å². The van der Waals surface area contributed by atoms with E-state index in [1.54, 1.807) is 4.90 Å². The molecule has 0 saturated carbocycles. The maximum atomic E-state index is 12.4. The van der Waals surface area contributed by atoms with E-state index in [1.165, 1.54) is 0 Å². The van der Waals surface area contributed by atoms with E-state index >= 15 is 0 Å². The third-order valence-electron chi connectivity index (χ3n) is 4.17. The summed E-state index contributed by atoms with van der Waals surface area (Å²) in [5.74, 6) is -0.385. The van der Waals surface area contributed by atoms with Gasteiger partial charge in [-0.3, -0.25) is 9.59 Å². The zero-order valence-electron chi connectivity index (χ0n) is 14.4. The van der Waals surface area contributed by atoms with E-state index in [4.69, 9.17) is 0 Å². The van der Waals surface area contributed by atoms with Crippen LogP contribution in [-0.2, 0) is 26.0 Å².